The van der Waals surface area contributed by atoms with Gasteiger partial charge >= 0.3 is 29.6 Å². The van der Waals surface area contributed by atoms with Gasteiger partial charge in [0.1, 0.15) is 5.82 Å². The van der Waals surface area contributed by atoms with Crippen molar-refractivity contribution in [2.75, 3.05) is 14.2 Å². The maximum Gasteiger partial charge on any atom is 1.00 e. The minimum absolute atomic E-state index is 0. The number of fused-ring (bicyclic) bond motifs is 1. The predicted octanol–water partition coefficient (Wildman–Crippen LogP) is -0.0397. The van der Waals surface area contributed by atoms with E-state index in [9.17, 15) is 24.5 Å². The van der Waals surface area contributed by atoms with Crippen LogP contribution in [0.5, 0.6) is 11.5 Å². The van der Waals surface area contributed by atoms with E-state index in [0.717, 1.165) is 48.2 Å². The normalized spacial score (nSPS) is 16.3. The number of hydrogen-bond donors (Lipinski definition) is 2. The van der Waals surface area contributed by atoms with Gasteiger partial charge in [0.05, 0.1) is 43.5 Å². The van der Waals surface area contributed by atoms with Crippen molar-refractivity contribution in [1.82, 2.24) is 9.78 Å². The Bertz CT molecular complexity index is 1290. The fraction of sp³-hybridized carbons (Fsp3) is 0.379. The molecule has 0 spiro atoms. The standard InChI is InChI=1S/C29H33FN2O6.Na/c1-37-26-13-6-18(15-27(26)38-2)14-19-4-3-5-24-25(12-11-22(33)16-23(34)17-28(35)36)32(31-29(19)24)21-9-7-20(30)8-10-21;/h6-13,15,19,22-23,33-34H,3-5,14,16-17H2,1-2H3,(H,35,36);/q;+1/p-1/b12-11+;/t19?,22-,23-;/m1./s1. The second-order valence-corrected chi connectivity index (χ2v) is 9.51. The number of rotatable bonds is 11. The van der Waals surface area contributed by atoms with Gasteiger partial charge in [-0.05, 0) is 73.7 Å². The van der Waals surface area contributed by atoms with Gasteiger partial charge in [0, 0.05) is 30.3 Å². The number of carbonyl (C=O) groups is 1. The van der Waals surface area contributed by atoms with Crippen LogP contribution in [0.15, 0.2) is 48.5 Å². The number of aliphatic hydroxyl groups excluding tert-OH is 2. The van der Waals surface area contributed by atoms with Crippen molar-refractivity contribution in [1.29, 1.82) is 0 Å². The summed E-state index contributed by atoms with van der Waals surface area (Å²) < 4.78 is 26.2. The van der Waals surface area contributed by atoms with Crippen LogP contribution in [-0.2, 0) is 17.6 Å². The molecule has 39 heavy (non-hydrogen) atoms. The van der Waals surface area contributed by atoms with E-state index in [1.54, 1.807) is 37.1 Å². The Hall–Kier alpha value is -2.69. The Morgan fingerprint density at radius 1 is 1.18 bits per heavy atom. The van der Waals surface area contributed by atoms with Crippen LogP contribution in [0.4, 0.5) is 4.39 Å². The van der Waals surface area contributed by atoms with E-state index in [2.05, 4.69) is 0 Å². The maximum absolute atomic E-state index is 13.6. The van der Waals surface area contributed by atoms with E-state index in [4.69, 9.17) is 14.6 Å². The number of carbonyl (C=O) groups excluding carboxylic acids is 1. The summed E-state index contributed by atoms with van der Waals surface area (Å²) in [4.78, 5) is 10.7. The monoisotopic (exact) mass is 546 g/mol. The summed E-state index contributed by atoms with van der Waals surface area (Å²) in [7, 11) is 3.21. The van der Waals surface area contributed by atoms with Crippen LogP contribution < -0.4 is 44.1 Å². The summed E-state index contributed by atoms with van der Waals surface area (Å²) in [5.74, 6) is -0.266. The number of aromatic nitrogens is 2. The third-order valence-electron chi connectivity index (χ3n) is 6.81. The molecule has 0 saturated heterocycles. The van der Waals surface area contributed by atoms with Gasteiger partial charge in [0.2, 0.25) is 0 Å². The number of hydrogen-bond acceptors (Lipinski definition) is 7. The first-order valence-electron chi connectivity index (χ1n) is 12.6. The molecule has 1 aromatic heterocycles. The summed E-state index contributed by atoms with van der Waals surface area (Å²) in [5.41, 5.74) is 4.52. The van der Waals surface area contributed by atoms with E-state index in [1.807, 2.05) is 18.2 Å². The molecule has 202 valence electrons. The minimum Gasteiger partial charge on any atom is -0.550 e. The van der Waals surface area contributed by atoms with Crippen LogP contribution >= 0.6 is 0 Å². The molecule has 1 aliphatic rings. The smallest absolute Gasteiger partial charge is 0.550 e. The molecule has 0 bridgehead atoms. The Labute approximate surface area is 249 Å². The quantitative estimate of drug-likeness (QED) is 0.324. The van der Waals surface area contributed by atoms with Crippen LogP contribution in [0.3, 0.4) is 0 Å². The fourth-order valence-electron chi connectivity index (χ4n) is 5.00. The molecule has 10 heteroatoms. The summed E-state index contributed by atoms with van der Waals surface area (Å²) in [6.45, 7) is 0. The number of halogens is 1. The molecule has 0 aliphatic heterocycles. The number of carboxylic acid groups (broad SMARTS) is 1. The average Bonchev–Trinajstić information content (AvgIpc) is 3.26. The number of nitrogens with zero attached hydrogens (tertiary/aromatic N) is 2. The molecule has 0 saturated carbocycles. The molecule has 0 radical (unpaired) electrons. The SMILES string of the molecule is COc1ccc(CC2CCCc3c2nn(-c2ccc(F)cc2)c3/C=C/[C@@H](O)C[C@@H](O)CC(=O)[O-])cc1OC.[Na+]. The molecule has 4 rings (SSSR count). The molecule has 8 nitrogen and oxygen atoms in total. The molecule has 3 atom stereocenters. The molecule has 0 amide bonds. The first-order valence-corrected chi connectivity index (χ1v) is 12.6. The van der Waals surface area contributed by atoms with Crippen molar-refractivity contribution >= 4 is 12.0 Å². The van der Waals surface area contributed by atoms with Crippen LogP contribution in [0.25, 0.3) is 11.8 Å². The fourth-order valence-corrected chi connectivity index (χ4v) is 5.00. The number of benzene rings is 2. The zero-order valence-corrected chi connectivity index (χ0v) is 24.5. The van der Waals surface area contributed by atoms with E-state index in [0.29, 0.717) is 17.2 Å². The van der Waals surface area contributed by atoms with Gasteiger partial charge in [-0.25, -0.2) is 9.07 Å². The predicted molar refractivity (Wildman–Crippen MR) is 138 cm³/mol. The summed E-state index contributed by atoms with van der Waals surface area (Å²) in [5, 5.41) is 36.0. The van der Waals surface area contributed by atoms with Crippen molar-refractivity contribution in [3.8, 4) is 17.2 Å². The zero-order valence-electron chi connectivity index (χ0n) is 22.5. The third kappa shape index (κ3) is 7.70. The van der Waals surface area contributed by atoms with Crippen molar-refractivity contribution < 1.29 is 63.5 Å². The number of aliphatic hydroxyl groups is 2. The first kappa shape index (κ1) is 30.8. The molecule has 1 unspecified atom stereocenters. The Balaban J connectivity index is 0.00000420. The molecule has 3 aromatic rings. The van der Waals surface area contributed by atoms with E-state index < -0.39 is 24.6 Å². The van der Waals surface area contributed by atoms with Crippen molar-refractivity contribution in [2.45, 2.75) is 56.7 Å². The number of methoxy groups -OCH3 is 2. The maximum atomic E-state index is 13.6. The van der Waals surface area contributed by atoms with Gasteiger partial charge in [-0.15, -0.1) is 0 Å². The van der Waals surface area contributed by atoms with E-state index >= 15 is 0 Å². The molecule has 0 fully saturated rings. The summed E-state index contributed by atoms with van der Waals surface area (Å²) in [6, 6.07) is 11.9. The Kier molecular flexibility index (Phi) is 11.1. The van der Waals surface area contributed by atoms with Gasteiger partial charge in [0.25, 0.3) is 0 Å². The molecular formula is C29H32FN2NaO6. The van der Waals surface area contributed by atoms with E-state index in [1.165, 1.54) is 18.2 Å². The van der Waals surface area contributed by atoms with Crippen LogP contribution in [-0.4, -0.2) is 52.4 Å². The van der Waals surface area contributed by atoms with Gasteiger partial charge in [-0.2, -0.15) is 5.10 Å². The van der Waals surface area contributed by atoms with Crippen molar-refractivity contribution in [3.63, 3.8) is 0 Å². The Morgan fingerprint density at radius 3 is 2.56 bits per heavy atom. The number of carboxylic acids is 1. The average molecular weight is 547 g/mol. The molecular weight excluding hydrogens is 514 g/mol. The second kappa shape index (κ2) is 14.1. The van der Waals surface area contributed by atoms with Crippen molar-refractivity contribution in [2.24, 2.45) is 0 Å². The zero-order chi connectivity index (χ0) is 27.2. The topological polar surface area (TPSA) is 117 Å². The molecule has 1 aliphatic carbocycles. The summed E-state index contributed by atoms with van der Waals surface area (Å²) >= 11 is 0. The van der Waals surface area contributed by atoms with Gasteiger partial charge in [0.15, 0.2) is 11.5 Å². The first-order chi connectivity index (χ1) is 18.3. The number of ether oxygens (including phenoxy) is 2. The van der Waals surface area contributed by atoms with Crippen LogP contribution in [0.1, 0.15) is 54.1 Å². The molecule has 1 heterocycles. The van der Waals surface area contributed by atoms with Crippen molar-refractivity contribution in [3.05, 3.63) is 76.9 Å². The summed E-state index contributed by atoms with van der Waals surface area (Å²) in [6.07, 6.45) is 3.72. The minimum atomic E-state index is -1.38. The van der Waals surface area contributed by atoms with Gasteiger partial charge in [-0.1, -0.05) is 12.1 Å². The largest absolute Gasteiger partial charge is 1.00 e. The molecule has 2 N–H and O–H groups in total. The van der Waals surface area contributed by atoms with Crippen LogP contribution in [0.2, 0.25) is 0 Å². The van der Waals surface area contributed by atoms with Crippen LogP contribution in [0, 0.1) is 5.82 Å². The van der Waals surface area contributed by atoms with E-state index in [-0.39, 0.29) is 47.7 Å². The van der Waals surface area contributed by atoms with Gasteiger partial charge in [-0.3, -0.25) is 0 Å². The second-order valence-electron chi connectivity index (χ2n) is 9.51. The number of aliphatic carboxylic acids is 1. The Morgan fingerprint density at radius 2 is 1.90 bits per heavy atom. The third-order valence-corrected chi connectivity index (χ3v) is 6.81. The van der Waals surface area contributed by atoms with Gasteiger partial charge < -0.3 is 29.6 Å². The molecule has 2 aromatic carbocycles.